The molecule has 1 N–H and O–H groups in total. The van der Waals surface area contributed by atoms with Gasteiger partial charge in [0.2, 0.25) is 0 Å². The number of hydrogen-bond donors (Lipinski definition) is 1. The molecule has 0 bridgehead atoms. The van der Waals surface area contributed by atoms with Crippen LogP contribution in [0.1, 0.15) is 51.5 Å². The predicted molar refractivity (Wildman–Crippen MR) is 108 cm³/mol. The van der Waals surface area contributed by atoms with Crippen molar-refractivity contribution in [2.24, 2.45) is 4.40 Å². The summed E-state index contributed by atoms with van der Waals surface area (Å²) in [5.41, 5.74) is 0.498. The first-order chi connectivity index (χ1) is 13.8. The Morgan fingerprint density at radius 3 is 2.83 bits per heavy atom. The van der Waals surface area contributed by atoms with E-state index < -0.39 is 22.0 Å². The van der Waals surface area contributed by atoms with E-state index in [9.17, 15) is 18.0 Å². The summed E-state index contributed by atoms with van der Waals surface area (Å²) < 4.78 is 33.9. The minimum absolute atomic E-state index is 0.0203. The van der Waals surface area contributed by atoms with Gasteiger partial charge in [0.25, 0.3) is 15.9 Å². The average Bonchev–Trinajstić information content (AvgIpc) is 2.97. The molecule has 2 aliphatic rings. The third kappa shape index (κ3) is 4.77. The lowest BCUT2D eigenvalue weighted by Gasteiger charge is -2.35. The molecular formula is C20H27N3O5S. The Morgan fingerprint density at radius 2 is 2.07 bits per heavy atom. The second-order valence-corrected chi connectivity index (χ2v) is 9.03. The SMILES string of the molecule is CCC[C@H](C)NC(=O)COC(=O)[C@@H]1CCCCN1C1=NS(=O)(=O)c2ccccc21. The van der Waals surface area contributed by atoms with Gasteiger partial charge >= 0.3 is 5.97 Å². The maximum Gasteiger partial charge on any atom is 0.329 e. The third-order valence-corrected chi connectivity index (χ3v) is 6.46. The van der Waals surface area contributed by atoms with Crippen LogP contribution in [0.4, 0.5) is 0 Å². The van der Waals surface area contributed by atoms with Crippen LogP contribution in [-0.4, -0.2) is 56.3 Å². The number of carbonyl (C=O) groups excluding carboxylic acids is 2. The molecule has 0 aliphatic carbocycles. The third-order valence-electron chi connectivity index (χ3n) is 5.13. The number of nitrogens with zero attached hydrogens (tertiary/aromatic N) is 2. The molecule has 0 radical (unpaired) electrons. The van der Waals surface area contributed by atoms with Crippen molar-refractivity contribution in [3.8, 4) is 0 Å². The zero-order chi connectivity index (χ0) is 21.0. The van der Waals surface area contributed by atoms with Crippen molar-refractivity contribution in [3.63, 3.8) is 0 Å². The van der Waals surface area contributed by atoms with Crippen LogP contribution in [0.15, 0.2) is 33.6 Å². The number of ether oxygens (including phenoxy) is 1. The molecule has 0 unspecified atom stereocenters. The first kappa shape index (κ1) is 21.3. The molecule has 0 saturated carbocycles. The minimum Gasteiger partial charge on any atom is -0.454 e. The fourth-order valence-corrected chi connectivity index (χ4v) is 5.00. The Hall–Kier alpha value is -2.42. The maximum atomic E-state index is 12.7. The molecule has 1 saturated heterocycles. The highest BCUT2D eigenvalue weighted by atomic mass is 32.2. The number of amides is 1. The van der Waals surface area contributed by atoms with E-state index in [1.54, 1.807) is 23.1 Å². The molecule has 29 heavy (non-hydrogen) atoms. The molecule has 1 amide bonds. The van der Waals surface area contributed by atoms with Crippen LogP contribution in [0.3, 0.4) is 0 Å². The molecule has 1 aromatic carbocycles. The van der Waals surface area contributed by atoms with E-state index in [1.807, 2.05) is 13.8 Å². The van der Waals surface area contributed by atoms with Gasteiger partial charge in [-0.1, -0.05) is 25.5 Å². The fourth-order valence-electron chi connectivity index (χ4n) is 3.78. The van der Waals surface area contributed by atoms with Crippen LogP contribution in [0, 0.1) is 0 Å². The van der Waals surface area contributed by atoms with E-state index in [4.69, 9.17) is 4.74 Å². The number of esters is 1. The number of benzene rings is 1. The number of amidine groups is 1. The second kappa shape index (κ2) is 8.94. The van der Waals surface area contributed by atoms with Crippen LogP contribution < -0.4 is 5.32 Å². The number of nitrogens with one attached hydrogen (secondary N) is 1. The summed E-state index contributed by atoms with van der Waals surface area (Å²) in [4.78, 5) is 26.6. The van der Waals surface area contributed by atoms with Crippen LogP contribution >= 0.6 is 0 Å². The molecule has 2 heterocycles. The van der Waals surface area contributed by atoms with E-state index in [0.717, 1.165) is 25.7 Å². The summed E-state index contributed by atoms with van der Waals surface area (Å²) in [5.74, 6) is -0.594. The lowest BCUT2D eigenvalue weighted by atomic mass is 10.0. The van der Waals surface area contributed by atoms with Crippen molar-refractivity contribution in [1.82, 2.24) is 10.2 Å². The van der Waals surface area contributed by atoms with Gasteiger partial charge in [-0.3, -0.25) is 4.79 Å². The van der Waals surface area contributed by atoms with Gasteiger partial charge in [0.1, 0.15) is 10.9 Å². The summed E-state index contributed by atoms with van der Waals surface area (Å²) >= 11 is 0. The molecule has 8 nitrogen and oxygen atoms in total. The molecule has 1 fully saturated rings. The number of rotatable bonds is 6. The largest absolute Gasteiger partial charge is 0.454 e. The molecule has 2 atom stereocenters. The number of carbonyl (C=O) groups is 2. The molecule has 158 valence electrons. The first-order valence-corrected chi connectivity index (χ1v) is 11.4. The Balaban J connectivity index is 1.71. The highest BCUT2D eigenvalue weighted by Gasteiger charge is 2.38. The number of sulfonamides is 1. The van der Waals surface area contributed by atoms with Gasteiger partial charge in [-0.05, 0) is 44.7 Å². The Bertz CT molecular complexity index is 912. The predicted octanol–water partition coefficient (Wildman–Crippen LogP) is 1.84. The van der Waals surface area contributed by atoms with Gasteiger partial charge in [-0.15, -0.1) is 4.40 Å². The summed E-state index contributed by atoms with van der Waals surface area (Å²) in [5, 5.41) is 2.80. The van der Waals surface area contributed by atoms with Crippen molar-refractivity contribution < 1.29 is 22.7 Å². The Labute approximate surface area is 171 Å². The van der Waals surface area contributed by atoms with E-state index >= 15 is 0 Å². The summed E-state index contributed by atoms with van der Waals surface area (Å²) in [6.07, 6.45) is 3.96. The number of piperidine rings is 1. The number of fused-ring (bicyclic) bond motifs is 1. The van der Waals surface area contributed by atoms with Crippen LogP contribution in [0.25, 0.3) is 0 Å². The molecule has 2 aliphatic heterocycles. The molecule has 3 rings (SSSR count). The highest BCUT2D eigenvalue weighted by molar-refractivity contribution is 7.90. The van der Waals surface area contributed by atoms with E-state index in [2.05, 4.69) is 9.71 Å². The second-order valence-electron chi connectivity index (χ2n) is 7.46. The summed E-state index contributed by atoms with van der Waals surface area (Å²) in [6.45, 7) is 4.09. The standard InChI is InChI=1S/C20H27N3O5S/c1-3-8-14(2)21-18(24)13-28-20(25)16-10-6-7-12-23(16)19-15-9-4-5-11-17(15)29(26,27)22-19/h4-5,9,11,14,16H,3,6-8,10,12-13H2,1-2H3,(H,21,24)/t14-,16-/m0/s1. The summed E-state index contributed by atoms with van der Waals surface area (Å²) in [6, 6.07) is 5.96. The lowest BCUT2D eigenvalue weighted by molar-refractivity contribution is -0.153. The molecule has 1 aromatic rings. The number of likely N-dealkylation sites (tertiary alicyclic amines) is 1. The van der Waals surface area contributed by atoms with Crippen LogP contribution in [0.5, 0.6) is 0 Å². The Morgan fingerprint density at radius 1 is 1.31 bits per heavy atom. The van der Waals surface area contributed by atoms with Gasteiger partial charge < -0.3 is 15.0 Å². The van der Waals surface area contributed by atoms with Gasteiger partial charge in [-0.25, -0.2) is 4.79 Å². The zero-order valence-electron chi connectivity index (χ0n) is 16.8. The van der Waals surface area contributed by atoms with Crippen molar-refractivity contribution >= 4 is 27.7 Å². The van der Waals surface area contributed by atoms with Crippen molar-refractivity contribution in [3.05, 3.63) is 29.8 Å². The van der Waals surface area contributed by atoms with Gasteiger partial charge in [-0.2, -0.15) is 8.42 Å². The fraction of sp³-hybridized carbons (Fsp3) is 0.550. The minimum atomic E-state index is -3.77. The zero-order valence-corrected chi connectivity index (χ0v) is 17.6. The average molecular weight is 422 g/mol. The van der Waals surface area contributed by atoms with Crippen molar-refractivity contribution in [2.45, 2.75) is 62.9 Å². The topological polar surface area (TPSA) is 105 Å². The maximum absolute atomic E-state index is 12.7. The van der Waals surface area contributed by atoms with E-state index in [1.165, 1.54) is 6.07 Å². The normalized spacial score (nSPS) is 21.1. The van der Waals surface area contributed by atoms with Crippen LogP contribution in [0.2, 0.25) is 0 Å². The number of hydrogen-bond acceptors (Lipinski definition) is 6. The van der Waals surface area contributed by atoms with Gasteiger partial charge in [0.05, 0.1) is 0 Å². The van der Waals surface area contributed by atoms with Crippen molar-refractivity contribution in [1.29, 1.82) is 0 Å². The quantitative estimate of drug-likeness (QED) is 0.703. The van der Waals surface area contributed by atoms with Crippen molar-refractivity contribution in [2.75, 3.05) is 13.2 Å². The molecule has 0 spiro atoms. The highest BCUT2D eigenvalue weighted by Crippen LogP contribution is 2.30. The first-order valence-electron chi connectivity index (χ1n) is 10.0. The molecule has 9 heteroatoms. The molecular weight excluding hydrogens is 394 g/mol. The summed E-state index contributed by atoms with van der Waals surface area (Å²) in [7, 11) is -3.77. The van der Waals surface area contributed by atoms with Gasteiger partial charge in [0.15, 0.2) is 12.4 Å². The van der Waals surface area contributed by atoms with Gasteiger partial charge in [0, 0.05) is 18.2 Å². The van der Waals surface area contributed by atoms with E-state index in [0.29, 0.717) is 18.5 Å². The lowest BCUT2D eigenvalue weighted by Crippen LogP contribution is -2.49. The Kier molecular flexibility index (Phi) is 6.56. The van der Waals surface area contributed by atoms with E-state index in [-0.39, 0.29) is 29.3 Å². The smallest absolute Gasteiger partial charge is 0.329 e. The molecule has 0 aromatic heterocycles. The van der Waals surface area contributed by atoms with Crippen LogP contribution in [-0.2, 0) is 24.3 Å². The monoisotopic (exact) mass is 421 g/mol.